The fraction of sp³-hybridized carbons (Fsp3) is 0.154. The van der Waals surface area contributed by atoms with Crippen LogP contribution < -0.4 is 5.32 Å². The molecule has 0 unspecified atom stereocenters. The van der Waals surface area contributed by atoms with Crippen LogP contribution in [0.3, 0.4) is 0 Å². The monoisotopic (exact) mass is 234 g/mol. The van der Waals surface area contributed by atoms with Gasteiger partial charge in [-0.15, -0.1) is 0 Å². The smallest absolute Gasteiger partial charge is 0.290 e. The number of rotatable bonds is 4. The first kappa shape index (κ1) is 11.5. The summed E-state index contributed by atoms with van der Waals surface area (Å²) in [5.74, 6) is -2.89. The summed E-state index contributed by atoms with van der Waals surface area (Å²) in [6.45, 7) is -0.442. The van der Waals surface area contributed by atoms with Crippen LogP contribution in [0.2, 0.25) is 0 Å². The molecule has 1 aromatic carbocycles. The van der Waals surface area contributed by atoms with Crippen molar-refractivity contribution in [2.45, 2.75) is 5.92 Å². The standard InChI is InChI=1S/C13H12F2N2/c14-13(15,11-5-2-1-3-6-11)10-17-12-7-4-8-16-9-12/h1-9,17H,10H2. The van der Waals surface area contributed by atoms with Gasteiger partial charge in [-0.05, 0) is 12.1 Å². The van der Waals surface area contributed by atoms with E-state index in [2.05, 4.69) is 10.3 Å². The Kier molecular flexibility index (Phi) is 3.32. The lowest BCUT2D eigenvalue weighted by Crippen LogP contribution is -2.24. The third-order valence-electron chi connectivity index (χ3n) is 2.37. The molecule has 1 N–H and O–H groups in total. The second kappa shape index (κ2) is 4.91. The minimum Gasteiger partial charge on any atom is -0.377 e. The van der Waals surface area contributed by atoms with Crippen molar-refractivity contribution in [2.24, 2.45) is 0 Å². The number of halogens is 2. The summed E-state index contributed by atoms with van der Waals surface area (Å²) < 4.78 is 27.5. The van der Waals surface area contributed by atoms with E-state index in [1.165, 1.54) is 18.3 Å². The second-order valence-corrected chi connectivity index (χ2v) is 3.67. The molecule has 4 heteroatoms. The molecule has 2 rings (SSSR count). The van der Waals surface area contributed by atoms with Gasteiger partial charge in [0.05, 0.1) is 12.2 Å². The van der Waals surface area contributed by atoms with Crippen LogP contribution in [0.15, 0.2) is 54.9 Å². The van der Waals surface area contributed by atoms with Gasteiger partial charge in [0.25, 0.3) is 5.92 Å². The van der Waals surface area contributed by atoms with Crippen LogP contribution in [0.4, 0.5) is 14.5 Å². The summed E-state index contributed by atoms with van der Waals surface area (Å²) >= 11 is 0. The highest BCUT2D eigenvalue weighted by molar-refractivity contribution is 5.40. The van der Waals surface area contributed by atoms with Gasteiger partial charge in [0, 0.05) is 18.0 Å². The molecule has 17 heavy (non-hydrogen) atoms. The summed E-state index contributed by atoms with van der Waals surface area (Å²) in [4.78, 5) is 3.85. The third-order valence-corrected chi connectivity index (χ3v) is 2.37. The van der Waals surface area contributed by atoms with Crippen LogP contribution in [-0.2, 0) is 5.92 Å². The van der Waals surface area contributed by atoms with Gasteiger partial charge in [0.1, 0.15) is 0 Å². The molecule has 1 heterocycles. The quantitative estimate of drug-likeness (QED) is 0.878. The molecule has 0 saturated heterocycles. The number of benzene rings is 1. The van der Waals surface area contributed by atoms with Crippen molar-refractivity contribution in [3.8, 4) is 0 Å². The zero-order valence-corrected chi connectivity index (χ0v) is 9.11. The Morgan fingerprint density at radius 1 is 1.06 bits per heavy atom. The van der Waals surface area contributed by atoms with E-state index >= 15 is 0 Å². The molecule has 1 aromatic heterocycles. The van der Waals surface area contributed by atoms with Crippen LogP contribution in [0, 0.1) is 0 Å². The molecular formula is C13H12F2N2. The Labute approximate surface area is 98.3 Å². The molecule has 0 atom stereocenters. The van der Waals surface area contributed by atoms with Gasteiger partial charge in [-0.2, -0.15) is 8.78 Å². The zero-order valence-electron chi connectivity index (χ0n) is 9.11. The van der Waals surface area contributed by atoms with Gasteiger partial charge in [-0.25, -0.2) is 0 Å². The SMILES string of the molecule is FC(F)(CNc1cccnc1)c1ccccc1. The molecule has 0 bridgehead atoms. The summed E-state index contributed by atoms with van der Waals surface area (Å²) in [6.07, 6.45) is 3.11. The fourth-order valence-corrected chi connectivity index (χ4v) is 1.46. The van der Waals surface area contributed by atoms with Gasteiger partial charge in [0.15, 0.2) is 0 Å². The van der Waals surface area contributed by atoms with E-state index in [-0.39, 0.29) is 5.56 Å². The molecule has 2 nitrogen and oxygen atoms in total. The summed E-state index contributed by atoms with van der Waals surface area (Å²) in [6, 6.07) is 11.2. The van der Waals surface area contributed by atoms with E-state index in [9.17, 15) is 8.78 Å². The molecule has 2 aromatic rings. The number of alkyl halides is 2. The van der Waals surface area contributed by atoms with Crippen molar-refractivity contribution in [3.63, 3.8) is 0 Å². The maximum Gasteiger partial charge on any atom is 0.290 e. The highest BCUT2D eigenvalue weighted by Gasteiger charge is 2.30. The minimum absolute atomic E-state index is 0.0105. The molecule has 0 spiro atoms. The van der Waals surface area contributed by atoms with Crippen LogP contribution >= 0.6 is 0 Å². The molecule has 0 radical (unpaired) electrons. The summed E-state index contributed by atoms with van der Waals surface area (Å²) in [5.41, 5.74) is 0.597. The lowest BCUT2D eigenvalue weighted by molar-refractivity contribution is 0.0106. The lowest BCUT2D eigenvalue weighted by atomic mass is 10.1. The molecule has 0 saturated carbocycles. The zero-order chi connectivity index (χ0) is 12.1. The van der Waals surface area contributed by atoms with E-state index in [0.717, 1.165) is 0 Å². The Morgan fingerprint density at radius 2 is 1.82 bits per heavy atom. The number of nitrogens with zero attached hydrogens (tertiary/aromatic N) is 1. The third kappa shape index (κ3) is 3.00. The highest BCUT2D eigenvalue weighted by Crippen LogP contribution is 2.27. The average molecular weight is 234 g/mol. The Morgan fingerprint density at radius 3 is 2.47 bits per heavy atom. The first-order valence-corrected chi connectivity index (χ1v) is 5.26. The van der Waals surface area contributed by atoms with Crippen molar-refractivity contribution in [3.05, 3.63) is 60.4 Å². The van der Waals surface area contributed by atoms with Gasteiger partial charge in [-0.1, -0.05) is 30.3 Å². The Bertz CT molecular complexity index is 457. The molecular weight excluding hydrogens is 222 g/mol. The molecule has 0 amide bonds. The first-order chi connectivity index (χ1) is 8.18. The lowest BCUT2D eigenvalue weighted by Gasteiger charge is -2.17. The average Bonchev–Trinajstić information content (AvgIpc) is 2.39. The summed E-state index contributed by atoms with van der Waals surface area (Å²) in [7, 11) is 0. The summed E-state index contributed by atoms with van der Waals surface area (Å²) in [5, 5.41) is 2.67. The van der Waals surface area contributed by atoms with Crippen LogP contribution in [0.25, 0.3) is 0 Å². The molecule has 0 aliphatic rings. The van der Waals surface area contributed by atoms with Crippen molar-refractivity contribution in [1.29, 1.82) is 0 Å². The number of hydrogen-bond acceptors (Lipinski definition) is 2. The Balaban J connectivity index is 2.03. The molecule has 0 aliphatic carbocycles. The van der Waals surface area contributed by atoms with E-state index in [1.54, 1.807) is 36.5 Å². The number of nitrogens with one attached hydrogen (secondary N) is 1. The number of hydrogen-bond donors (Lipinski definition) is 1. The van der Waals surface area contributed by atoms with Crippen molar-refractivity contribution >= 4 is 5.69 Å². The number of aromatic nitrogens is 1. The maximum atomic E-state index is 13.8. The molecule has 0 fully saturated rings. The first-order valence-electron chi connectivity index (χ1n) is 5.26. The van der Waals surface area contributed by atoms with E-state index in [1.807, 2.05) is 0 Å². The van der Waals surface area contributed by atoms with Gasteiger partial charge in [0.2, 0.25) is 0 Å². The normalized spacial score (nSPS) is 11.2. The van der Waals surface area contributed by atoms with Crippen LogP contribution in [0.1, 0.15) is 5.56 Å². The van der Waals surface area contributed by atoms with E-state index in [4.69, 9.17) is 0 Å². The predicted octanol–water partition coefficient (Wildman–Crippen LogP) is 3.29. The van der Waals surface area contributed by atoms with Crippen molar-refractivity contribution in [2.75, 3.05) is 11.9 Å². The van der Waals surface area contributed by atoms with Gasteiger partial charge >= 0.3 is 0 Å². The fourth-order valence-electron chi connectivity index (χ4n) is 1.46. The van der Waals surface area contributed by atoms with Crippen molar-refractivity contribution in [1.82, 2.24) is 4.98 Å². The minimum atomic E-state index is -2.89. The largest absolute Gasteiger partial charge is 0.377 e. The second-order valence-electron chi connectivity index (χ2n) is 3.67. The van der Waals surface area contributed by atoms with E-state index in [0.29, 0.717) is 5.69 Å². The van der Waals surface area contributed by atoms with Crippen molar-refractivity contribution < 1.29 is 8.78 Å². The Hall–Kier alpha value is -1.97. The van der Waals surface area contributed by atoms with Gasteiger partial charge < -0.3 is 5.32 Å². The van der Waals surface area contributed by atoms with Gasteiger partial charge in [-0.3, -0.25) is 4.98 Å². The van der Waals surface area contributed by atoms with Crippen LogP contribution in [-0.4, -0.2) is 11.5 Å². The molecule has 88 valence electrons. The topological polar surface area (TPSA) is 24.9 Å². The number of anilines is 1. The maximum absolute atomic E-state index is 13.8. The number of pyridine rings is 1. The van der Waals surface area contributed by atoms with E-state index < -0.39 is 12.5 Å². The molecule has 0 aliphatic heterocycles. The highest BCUT2D eigenvalue weighted by atomic mass is 19.3. The van der Waals surface area contributed by atoms with Crippen LogP contribution in [0.5, 0.6) is 0 Å². The predicted molar refractivity (Wildman–Crippen MR) is 63.1 cm³/mol.